The van der Waals surface area contributed by atoms with Crippen molar-refractivity contribution in [1.82, 2.24) is 9.97 Å². The van der Waals surface area contributed by atoms with Crippen molar-refractivity contribution >= 4 is 11.9 Å². The molecule has 0 spiro atoms. The highest BCUT2D eigenvalue weighted by molar-refractivity contribution is 5.84. The molecule has 0 aromatic carbocycles. The molecule has 0 saturated carbocycles. The molecule has 1 aromatic rings. The van der Waals surface area contributed by atoms with Gasteiger partial charge in [-0.2, -0.15) is 0 Å². The van der Waals surface area contributed by atoms with Crippen LogP contribution < -0.4 is 4.74 Å². The Kier molecular flexibility index (Phi) is 4.19. The maximum absolute atomic E-state index is 11.0. The fourth-order valence-corrected chi connectivity index (χ4v) is 0.789. The molecule has 0 amide bonds. The van der Waals surface area contributed by atoms with Gasteiger partial charge in [0.2, 0.25) is 5.82 Å². The fraction of sp³-hybridized carbons (Fsp3) is 0.333. The second-order valence-corrected chi connectivity index (χ2v) is 2.60. The van der Waals surface area contributed by atoms with Gasteiger partial charge in [0.25, 0.3) is 0 Å². The van der Waals surface area contributed by atoms with Crippen molar-refractivity contribution in [1.29, 1.82) is 0 Å². The van der Waals surface area contributed by atoms with Gasteiger partial charge in [0, 0.05) is 0 Å². The third-order valence-corrected chi connectivity index (χ3v) is 1.58. The van der Waals surface area contributed by atoms with Crippen molar-refractivity contribution in [3.05, 3.63) is 18.2 Å². The summed E-state index contributed by atoms with van der Waals surface area (Å²) in [4.78, 5) is 29.1. The largest absolute Gasteiger partial charge is 0.479 e. The highest BCUT2D eigenvalue weighted by Gasteiger charge is 2.09. The lowest BCUT2D eigenvalue weighted by Gasteiger charge is -2.03. The Bertz CT molecular complexity index is 376. The van der Waals surface area contributed by atoms with Crippen LogP contribution in [0.1, 0.15) is 10.6 Å². The molecule has 7 nitrogen and oxygen atoms in total. The summed E-state index contributed by atoms with van der Waals surface area (Å²) in [5.74, 6) is -0.970. The quantitative estimate of drug-likeness (QED) is 0.657. The van der Waals surface area contributed by atoms with E-state index >= 15 is 0 Å². The summed E-state index contributed by atoms with van der Waals surface area (Å²) in [5.41, 5.74) is 0. The molecule has 0 N–H and O–H groups in total. The molecule has 0 aliphatic carbocycles. The Morgan fingerprint density at radius 3 is 2.31 bits per heavy atom. The van der Waals surface area contributed by atoms with Gasteiger partial charge in [0.1, 0.15) is 0 Å². The first-order valence-corrected chi connectivity index (χ1v) is 4.27. The van der Waals surface area contributed by atoms with Crippen molar-refractivity contribution in [2.75, 3.05) is 20.8 Å². The Balaban J connectivity index is 2.58. The number of hydrogen-bond donors (Lipinski definition) is 0. The van der Waals surface area contributed by atoms with Crippen LogP contribution in [-0.2, 0) is 14.3 Å². The molecule has 0 atom stereocenters. The summed E-state index contributed by atoms with van der Waals surface area (Å²) in [6, 6.07) is 0. The van der Waals surface area contributed by atoms with Crippen molar-refractivity contribution in [2.24, 2.45) is 0 Å². The predicted molar refractivity (Wildman–Crippen MR) is 50.9 cm³/mol. The SMILES string of the molecule is COC(=O)COc1cnc(C(=O)OC)nc1. The number of aromatic nitrogens is 2. The van der Waals surface area contributed by atoms with E-state index in [0.29, 0.717) is 0 Å². The van der Waals surface area contributed by atoms with Crippen molar-refractivity contribution in [3.63, 3.8) is 0 Å². The number of rotatable bonds is 4. The van der Waals surface area contributed by atoms with Gasteiger partial charge in [-0.3, -0.25) is 0 Å². The molecular weight excluding hydrogens is 216 g/mol. The zero-order valence-corrected chi connectivity index (χ0v) is 8.80. The molecule has 0 unspecified atom stereocenters. The number of hydrogen-bond acceptors (Lipinski definition) is 7. The van der Waals surface area contributed by atoms with Crippen LogP contribution in [0.5, 0.6) is 5.75 Å². The number of carbonyl (C=O) groups excluding carboxylic acids is 2. The van der Waals surface area contributed by atoms with E-state index in [1.165, 1.54) is 26.6 Å². The van der Waals surface area contributed by atoms with Gasteiger partial charge >= 0.3 is 11.9 Å². The molecule has 0 saturated heterocycles. The van der Waals surface area contributed by atoms with Crippen LogP contribution in [0.2, 0.25) is 0 Å². The van der Waals surface area contributed by atoms with E-state index in [2.05, 4.69) is 19.4 Å². The molecule has 0 aliphatic heterocycles. The number of esters is 2. The summed E-state index contributed by atoms with van der Waals surface area (Å²) in [6.45, 7) is -0.239. The zero-order chi connectivity index (χ0) is 12.0. The number of ether oxygens (including phenoxy) is 3. The molecule has 0 bridgehead atoms. The molecule has 16 heavy (non-hydrogen) atoms. The molecular formula is C9H10N2O5. The average Bonchev–Trinajstić information content (AvgIpc) is 2.35. The van der Waals surface area contributed by atoms with Gasteiger partial charge in [0.15, 0.2) is 12.4 Å². The normalized spacial score (nSPS) is 9.38. The monoisotopic (exact) mass is 226 g/mol. The highest BCUT2D eigenvalue weighted by Crippen LogP contribution is 2.06. The molecule has 0 radical (unpaired) electrons. The minimum Gasteiger partial charge on any atom is -0.479 e. The van der Waals surface area contributed by atoms with Crippen molar-refractivity contribution in [3.8, 4) is 5.75 Å². The summed E-state index contributed by atoms with van der Waals surface area (Å²) >= 11 is 0. The zero-order valence-electron chi connectivity index (χ0n) is 8.80. The lowest BCUT2D eigenvalue weighted by molar-refractivity contribution is -0.142. The Labute approximate surface area is 91.4 Å². The van der Waals surface area contributed by atoms with Crippen LogP contribution >= 0.6 is 0 Å². The van der Waals surface area contributed by atoms with Crippen LogP contribution in [0.25, 0.3) is 0 Å². The Morgan fingerprint density at radius 2 is 1.81 bits per heavy atom. The predicted octanol–water partition coefficient (Wildman–Crippen LogP) is -0.185. The minimum atomic E-state index is -0.639. The van der Waals surface area contributed by atoms with E-state index in [-0.39, 0.29) is 18.2 Å². The summed E-state index contributed by atoms with van der Waals surface area (Å²) < 4.78 is 13.8. The van der Waals surface area contributed by atoms with Gasteiger partial charge in [-0.05, 0) is 0 Å². The van der Waals surface area contributed by atoms with E-state index in [0.717, 1.165) is 0 Å². The van der Waals surface area contributed by atoms with E-state index in [4.69, 9.17) is 4.74 Å². The lowest BCUT2D eigenvalue weighted by atomic mass is 10.5. The van der Waals surface area contributed by atoms with Gasteiger partial charge in [-0.25, -0.2) is 19.6 Å². The maximum atomic E-state index is 11.0. The van der Waals surface area contributed by atoms with E-state index in [1.807, 2.05) is 0 Å². The third-order valence-electron chi connectivity index (χ3n) is 1.58. The summed E-state index contributed by atoms with van der Waals surface area (Å²) in [7, 11) is 2.48. The lowest BCUT2D eigenvalue weighted by Crippen LogP contribution is -2.13. The topological polar surface area (TPSA) is 87.6 Å². The van der Waals surface area contributed by atoms with Gasteiger partial charge < -0.3 is 14.2 Å². The maximum Gasteiger partial charge on any atom is 0.376 e. The molecule has 1 rings (SSSR count). The molecule has 0 fully saturated rings. The molecule has 7 heteroatoms. The summed E-state index contributed by atoms with van der Waals surface area (Å²) in [5, 5.41) is 0. The van der Waals surface area contributed by atoms with E-state index in [9.17, 15) is 9.59 Å². The van der Waals surface area contributed by atoms with Crippen molar-refractivity contribution in [2.45, 2.75) is 0 Å². The third kappa shape index (κ3) is 3.19. The van der Waals surface area contributed by atoms with Gasteiger partial charge in [-0.15, -0.1) is 0 Å². The van der Waals surface area contributed by atoms with Gasteiger partial charge in [0.05, 0.1) is 26.6 Å². The number of methoxy groups -OCH3 is 2. The average molecular weight is 226 g/mol. The first-order chi connectivity index (χ1) is 7.67. The van der Waals surface area contributed by atoms with Gasteiger partial charge in [-0.1, -0.05) is 0 Å². The Morgan fingerprint density at radius 1 is 1.19 bits per heavy atom. The first-order valence-electron chi connectivity index (χ1n) is 4.27. The molecule has 86 valence electrons. The first kappa shape index (κ1) is 11.9. The second kappa shape index (κ2) is 5.64. The Hall–Kier alpha value is -2.18. The van der Waals surface area contributed by atoms with E-state index < -0.39 is 11.9 Å². The van der Waals surface area contributed by atoms with E-state index in [1.54, 1.807) is 0 Å². The van der Waals surface area contributed by atoms with Crippen LogP contribution in [0.3, 0.4) is 0 Å². The smallest absolute Gasteiger partial charge is 0.376 e. The molecule has 0 aliphatic rings. The van der Waals surface area contributed by atoms with Crippen LogP contribution in [0.4, 0.5) is 0 Å². The standard InChI is InChI=1S/C9H10N2O5/c1-14-7(12)5-16-6-3-10-8(11-4-6)9(13)15-2/h3-4H,5H2,1-2H3. The fourth-order valence-electron chi connectivity index (χ4n) is 0.789. The van der Waals surface area contributed by atoms with Crippen LogP contribution in [0.15, 0.2) is 12.4 Å². The summed E-state index contributed by atoms with van der Waals surface area (Å²) in [6.07, 6.45) is 2.53. The highest BCUT2D eigenvalue weighted by atomic mass is 16.6. The molecule has 1 aromatic heterocycles. The number of nitrogens with zero attached hydrogens (tertiary/aromatic N) is 2. The van der Waals surface area contributed by atoms with Crippen molar-refractivity contribution < 1.29 is 23.8 Å². The second-order valence-electron chi connectivity index (χ2n) is 2.60. The minimum absolute atomic E-state index is 0.0760. The van der Waals surface area contributed by atoms with Crippen LogP contribution in [-0.4, -0.2) is 42.7 Å². The van der Waals surface area contributed by atoms with Crippen LogP contribution in [0, 0.1) is 0 Å². The number of carbonyl (C=O) groups is 2. The molecule has 1 heterocycles.